The number of hydrogen-bond donors (Lipinski definition) is 2. The number of fused-ring (bicyclic) bond motifs is 1. The summed E-state index contributed by atoms with van der Waals surface area (Å²) in [6.07, 6.45) is 5.30. The summed E-state index contributed by atoms with van der Waals surface area (Å²) in [5.74, 6) is -1.79. The highest BCUT2D eigenvalue weighted by Gasteiger charge is 2.32. The van der Waals surface area contributed by atoms with Crippen LogP contribution in [0.3, 0.4) is 0 Å². The van der Waals surface area contributed by atoms with Gasteiger partial charge in [-0.2, -0.15) is 0 Å². The normalized spacial score (nSPS) is 19.3. The number of carbonyl (C=O) groups is 2. The largest absolute Gasteiger partial charge is 0.361 e. The highest BCUT2D eigenvalue weighted by Crippen LogP contribution is 2.27. The van der Waals surface area contributed by atoms with E-state index in [2.05, 4.69) is 21.9 Å². The van der Waals surface area contributed by atoms with Crippen LogP contribution in [0, 0.1) is 5.82 Å². The van der Waals surface area contributed by atoms with Gasteiger partial charge in [0.05, 0.1) is 0 Å². The SMILES string of the molecule is C=C(/C=N\C(C(=O)N(C)[C@@H]1CC[C@H](NC(=O)CC)C1)=C(/C)F)c1ccc2[nH]ccc2c1F. The van der Waals surface area contributed by atoms with E-state index < -0.39 is 17.6 Å². The Hall–Kier alpha value is -3.29. The third-order valence-electron chi connectivity index (χ3n) is 5.85. The van der Waals surface area contributed by atoms with Gasteiger partial charge in [0, 0.05) is 54.4 Å². The number of aliphatic imine (C=N–C) groups is 1. The number of aromatic amines is 1. The topological polar surface area (TPSA) is 77.6 Å². The number of halogens is 2. The van der Waals surface area contributed by atoms with E-state index in [4.69, 9.17) is 0 Å². The van der Waals surface area contributed by atoms with Crippen LogP contribution in [0.15, 0.2) is 47.5 Å². The molecule has 0 spiro atoms. The minimum absolute atomic E-state index is 0.00351. The first-order valence-corrected chi connectivity index (χ1v) is 10.6. The number of hydrogen-bond acceptors (Lipinski definition) is 3. The summed E-state index contributed by atoms with van der Waals surface area (Å²) in [4.78, 5) is 33.0. The molecule has 2 atom stereocenters. The number of carbonyl (C=O) groups excluding carboxylic acids is 2. The molecule has 1 aromatic heterocycles. The number of nitrogens with zero attached hydrogens (tertiary/aromatic N) is 2. The quantitative estimate of drug-likeness (QED) is 0.489. The zero-order valence-corrected chi connectivity index (χ0v) is 18.5. The monoisotopic (exact) mass is 442 g/mol. The zero-order valence-electron chi connectivity index (χ0n) is 18.5. The number of aromatic nitrogens is 1. The van der Waals surface area contributed by atoms with E-state index in [-0.39, 0.29) is 34.8 Å². The van der Waals surface area contributed by atoms with Crippen molar-refractivity contribution >= 4 is 34.5 Å². The standard InChI is InChI=1S/C24H28F2N4O2/c1-5-21(31)29-16-6-7-17(12-16)30(4)24(32)23(15(3)25)28-13-14(2)18-8-9-20-19(22(18)26)10-11-27-20/h8-11,13,16-17,27H,2,5-7,12H2,1,3-4H3,(H,29,31)/b23-15+,28-13-/t16-,17+/m0/s1. The summed E-state index contributed by atoms with van der Waals surface area (Å²) in [5, 5.41) is 3.35. The molecular formula is C24H28F2N4O2. The van der Waals surface area contributed by atoms with Crippen LogP contribution in [-0.2, 0) is 9.59 Å². The maximum atomic E-state index is 14.7. The molecular weight excluding hydrogens is 414 g/mol. The third-order valence-corrected chi connectivity index (χ3v) is 5.85. The van der Waals surface area contributed by atoms with Gasteiger partial charge in [-0.15, -0.1) is 0 Å². The van der Waals surface area contributed by atoms with E-state index in [9.17, 15) is 18.4 Å². The lowest BCUT2D eigenvalue weighted by molar-refractivity contribution is -0.128. The highest BCUT2D eigenvalue weighted by molar-refractivity contribution is 6.11. The Balaban J connectivity index is 1.72. The molecule has 0 radical (unpaired) electrons. The van der Waals surface area contributed by atoms with Crippen LogP contribution in [0.25, 0.3) is 16.5 Å². The minimum Gasteiger partial charge on any atom is -0.361 e. The Kier molecular flexibility index (Phi) is 7.22. The first-order valence-electron chi connectivity index (χ1n) is 10.6. The molecule has 2 N–H and O–H groups in total. The van der Waals surface area contributed by atoms with Gasteiger partial charge in [0.25, 0.3) is 5.91 Å². The van der Waals surface area contributed by atoms with Gasteiger partial charge in [-0.05, 0) is 50.0 Å². The van der Waals surface area contributed by atoms with E-state index in [1.54, 1.807) is 38.4 Å². The van der Waals surface area contributed by atoms with Crippen LogP contribution >= 0.6 is 0 Å². The third kappa shape index (κ3) is 4.95. The van der Waals surface area contributed by atoms with Gasteiger partial charge in [-0.1, -0.05) is 13.5 Å². The lowest BCUT2D eigenvalue weighted by Gasteiger charge is -2.25. The summed E-state index contributed by atoms with van der Waals surface area (Å²) in [6.45, 7) is 6.77. The van der Waals surface area contributed by atoms with Crippen molar-refractivity contribution in [2.75, 3.05) is 7.05 Å². The summed E-state index contributed by atoms with van der Waals surface area (Å²) >= 11 is 0. The van der Waals surface area contributed by atoms with Crippen molar-refractivity contribution in [2.24, 2.45) is 4.99 Å². The van der Waals surface area contributed by atoms with E-state index in [1.165, 1.54) is 11.1 Å². The van der Waals surface area contributed by atoms with Gasteiger partial charge in [-0.25, -0.2) is 13.8 Å². The Bertz CT molecular complexity index is 1100. The maximum absolute atomic E-state index is 14.7. The molecule has 170 valence electrons. The van der Waals surface area contributed by atoms with Crippen molar-refractivity contribution in [3.63, 3.8) is 0 Å². The van der Waals surface area contributed by atoms with E-state index in [0.717, 1.165) is 13.3 Å². The number of benzene rings is 1. The maximum Gasteiger partial charge on any atom is 0.275 e. The zero-order chi connectivity index (χ0) is 23.4. The fourth-order valence-electron chi connectivity index (χ4n) is 3.95. The molecule has 0 unspecified atom stereocenters. The fourth-order valence-corrected chi connectivity index (χ4v) is 3.95. The molecule has 6 nitrogen and oxygen atoms in total. The molecule has 1 heterocycles. The molecule has 2 amide bonds. The van der Waals surface area contributed by atoms with Crippen LogP contribution in [0.1, 0.15) is 45.1 Å². The van der Waals surface area contributed by atoms with Crippen molar-refractivity contribution in [2.45, 2.75) is 51.6 Å². The van der Waals surface area contributed by atoms with E-state index in [1.807, 2.05) is 0 Å². The molecule has 1 aliphatic carbocycles. The molecule has 32 heavy (non-hydrogen) atoms. The molecule has 1 fully saturated rings. The second-order valence-corrected chi connectivity index (χ2v) is 8.03. The number of H-pyrrole nitrogens is 1. The molecule has 0 aliphatic heterocycles. The summed E-state index contributed by atoms with van der Waals surface area (Å²) in [5.41, 5.74) is 0.752. The predicted octanol–water partition coefficient (Wildman–Crippen LogP) is 4.50. The molecule has 2 aromatic rings. The van der Waals surface area contributed by atoms with Crippen LogP contribution in [0.4, 0.5) is 8.78 Å². The van der Waals surface area contributed by atoms with Crippen LogP contribution in [0.2, 0.25) is 0 Å². The van der Waals surface area contributed by atoms with Gasteiger partial charge in [0.2, 0.25) is 5.91 Å². The molecule has 1 aliphatic rings. The van der Waals surface area contributed by atoms with Crippen LogP contribution < -0.4 is 5.32 Å². The molecule has 3 rings (SSSR count). The lowest BCUT2D eigenvalue weighted by atomic mass is 10.1. The van der Waals surface area contributed by atoms with Crippen molar-refractivity contribution in [3.8, 4) is 0 Å². The van der Waals surface area contributed by atoms with Crippen LogP contribution in [0.5, 0.6) is 0 Å². The summed E-state index contributed by atoms with van der Waals surface area (Å²) in [6, 6.07) is 4.76. The first kappa shape index (κ1) is 23.4. The first-order chi connectivity index (χ1) is 15.2. The minimum atomic E-state index is -0.735. The number of rotatable bonds is 7. The van der Waals surface area contributed by atoms with Gasteiger partial charge in [0.15, 0.2) is 5.70 Å². The van der Waals surface area contributed by atoms with Gasteiger partial charge in [0.1, 0.15) is 11.6 Å². The Morgan fingerprint density at radius 2 is 2.09 bits per heavy atom. The second kappa shape index (κ2) is 9.89. The van der Waals surface area contributed by atoms with Crippen molar-refractivity contribution in [3.05, 3.63) is 53.9 Å². The molecule has 8 heteroatoms. The smallest absolute Gasteiger partial charge is 0.275 e. The van der Waals surface area contributed by atoms with Gasteiger partial charge >= 0.3 is 0 Å². The van der Waals surface area contributed by atoms with Crippen molar-refractivity contribution < 1.29 is 18.4 Å². The number of amides is 2. The second-order valence-electron chi connectivity index (χ2n) is 8.03. The average Bonchev–Trinajstić information content (AvgIpc) is 3.43. The van der Waals surface area contributed by atoms with E-state index >= 15 is 0 Å². The number of likely N-dealkylation sites (N-methyl/N-ethyl adjacent to an activating group) is 1. The average molecular weight is 443 g/mol. The molecule has 0 saturated heterocycles. The lowest BCUT2D eigenvalue weighted by Crippen LogP contribution is -2.38. The molecule has 0 bridgehead atoms. The van der Waals surface area contributed by atoms with Crippen molar-refractivity contribution in [1.29, 1.82) is 0 Å². The predicted molar refractivity (Wildman–Crippen MR) is 122 cm³/mol. The van der Waals surface area contributed by atoms with E-state index in [0.29, 0.717) is 30.2 Å². The summed E-state index contributed by atoms with van der Waals surface area (Å²) < 4.78 is 29.0. The number of nitrogens with one attached hydrogen (secondary N) is 2. The molecule has 1 saturated carbocycles. The Morgan fingerprint density at radius 3 is 2.78 bits per heavy atom. The highest BCUT2D eigenvalue weighted by atomic mass is 19.1. The summed E-state index contributed by atoms with van der Waals surface area (Å²) in [7, 11) is 1.60. The Morgan fingerprint density at radius 1 is 1.34 bits per heavy atom. The fraction of sp³-hybridized carbons (Fsp3) is 0.375. The van der Waals surface area contributed by atoms with Gasteiger partial charge in [-0.3, -0.25) is 9.59 Å². The van der Waals surface area contributed by atoms with Crippen molar-refractivity contribution in [1.82, 2.24) is 15.2 Å². The molecule has 1 aromatic carbocycles. The Labute approximate surface area is 186 Å². The number of allylic oxidation sites excluding steroid dienone is 2. The van der Waals surface area contributed by atoms with Crippen LogP contribution in [-0.4, -0.2) is 47.0 Å². The van der Waals surface area contributed by atoms with Gasteiger partial charge < -0.3 is 15.2 Å².